The fourth-order valence-corrected chi connectivity index (χ4v) is 3.94. The summed E-state index contributed by atoms with van der Waals surface area (Å²) in [5.74, 6) is 0.807. The first-order valence-corrected chi connectivity index (χ1v) is 9.04. The van der Waals surface area contributed by atoms with Gasteiger partial charge in [0.2, 0.25) is 5.91 Å². The number of hydrogen-bond donors (Lipinski definition) is 1. The van der Waals surface area contributed by atoms with Crippen LogP contribution in [0.4, 0.5) is 0 Å². The van der Waals surface area contributed by atoms with E-state index in [-0.39, 0.29) is 17.2 Å². The third kappa shape index (κ3) is 2.94. The van der Waals surface area contributed by atoms with Crippen LogP contribution >= 0.6 is 0 Å². The molecule has 3 nitrogen and oxygen atoms in total. The Hall–Kier alpha value is -2.81. The van der Waals surface area contributed by atoms with Crippen molar-refractivity contribution in [3.05, 3.63) is 94.9 Å². The predicted molar refractivity (Wildman–Crippen MR) is 102 cm³/mol. The summed E-state index contributed by atoms with van der Waals surface area (Å²) in [6.07, 6.45) is 2.46. The number of amides is 1. The molecule has 132 valence electrons. The average Bonchev–Trinajstić information content (AvgIpc) is 3.19. The van der Waals surface area contributed by atoms with Gasteiger partial charge in [0.25, 0.3) is 0 Å². The summed E-state index contributed by atoms with van der Waals surface area (Å²) in [5, 5.41) is 3.04. The van der Waals surface area contributed by atoms with E-state index in [0.29, 0.717) is 6.54 Å². The molecule has 2 aromatic carbocycles. The van der Waals surface area contributed by atoms with Crippen molar-refractivity contribution in [3.63, 3.8) is 0 Å². The van der Waals surface area contributed by atoms with Crippen molar-refractivity contribution in [2.24, 2.45) is 5.92 Å². The van der Waals surface area contributed by atoms with Crippen molar-refractivity contribution in [1.82, 2.24) is 5.32 Å². The van der Waals surface area contributed by atoms with Gasteiger partial charge in [0.1, 0.15) is 5.76 Å². The minimum Gasteiger partial charge on any atom is -0.467 e. The van der Waals surface area contributed by atoms with E-state index < -0.39 is 0 Å². The summed E-state index contributed by atoms with van der Waals surface area (Å²) >= 11 is 0. The zero-order valence-corrected chi connectivity index (χ0v) is 15.2. The number of hydrogen-bond acceptors (Lipinski definition) is 2. The average molecular weight is 345 g/mol. The lowest BCUT2D eigenvalue weighted by atomic mass is 9.84. The minimum atomic E-state index is -0.231. The van der Waals surface area contributed by atoms with Crippen LogP contribution in [0.5, 0.6) is 0 Å². The maximum absolute atomic E-state index is 12.9. The molecule has 0 spiro atoms. The molecule has 26 heavy (non-hydrogen) atoms. The van der Waals surface area contributed by atoms with E-state index in [2.05, 4.69) is 67.7 Å². The summed E-state index contributed by atoms with van der Waals surface area (Å²) in [6, 6.07) is 20.8. The Balaban J connectivity index is 1.64. The topological polar surface area (TPSA) is 42.2 Å². The number of rotatable bonds is 5. The van der Waals surface area contributed by atoms with Gasteiger partial charge in [0, 0.05) is 5.41 Å². The molecule has 0 aliphatic heterocycles. The van der Waals surface area contributed by atoms with Crippen LogP contribution in [0, 0.1) is 19.8 Å². The Morgan fingerprint density at radius 2 is 1.69 bits per heavy atom. The molecule has 1 aliphatic carbocycles. The third-order valence-corrected chi connectivity index (χ3v) is 5.36. The van der Waals surface area contributed by atoms with Gasteiger partial charge >= 0.3 is 0 Å². The smallest absolute Gasteiger partial charge is 0.224 e. The van der Waals surface area contributed by atoms with Gasteiger partial charge < -0.3 is 9.73 Å². The minimum absolute atomic E-state index is 0.0546. The van der Waals surface area contributed by atoms with Crippen LogP contribution < -0.4 is 5.32 Å². The van der Waals surface area contributed by atoms with E-state index in [9.17, 15) is 4.79 Å². The van der Waals surface area contributed by atoms with Crippen molar-refractivity contribution in [2.45, 2.75) is 32.2 Å². The Morgan fingerprint density at radius 3 is 2.23 bits per heavy atom. The van der Waals surface area contributed by atoms with Crippen LogP contribution in [-0.2, 0) is 16.8 Å². The van der Waals surface area contributed by atoms with Gasteiger partial charge in [0.05, 0.1) is 18.7 Å². The number of furan rings is 1. The molecular weight excluding hydrogens is 322 g/mol. The molecule has 3 aromatic rings. The summed E-state index contributed by atoms with van der Waals surface area (Å²) in [4.78, 5) is 12.9. The standard InChI is InChI=1S/C23H23NO2/c1-16-6-3-8-18(12-16)23(19-9-4-7-17(2)13-19)14-21(23)22(25)24-15-20-10-5-11-26-20/h3-13,21H,14-15H2,1-2H3,(H,24,25). The van der Waals surface area contributed by atoms with Crippen LogP contribution in [0.15, 0.2) is 71.3 Å². The van der Waals surface area contributed by atoms with Crippen LogP contribution in [-0.4, -0.2) is 5.91 Å². The van der Waals surface area contributed by atoms with Crippen LogP contribution in [0.25, 0.3) is 0 Å². The maximum Gasteiger partial charge on any atom is 0.224 e. The fourth-order valence-electron chi connectivity index (χ4n) is 3.94. The monoisotopic (exact) mass is 345 g/mol. The summed E-state index contributed by atoms with van der Waals surface area (Å²) in [7, 11) is 0. The normalized spacial score (nSPS) is 17.7. The molecule has 0 radical (unpaired) electrons. The molecular formula is C23H23NO2. The Kier molecular flexibility index (Phi) is 4.15. The van der Waals surface area contributed by atoms with Crippen molar-refractivity contribution < 1.29 is 9.21 Å². The van der Waals surface area contributed by atoms with Crippen LogP contribution in [0.2, 0.25) is 0 Å². The summed E-state index contributed by atoms with van der Waals surface area (Å²) in [6.45, 7) is 4.63. The zero-order chi connectivity index (χ0) is 18.1. The lowest BCUT2D eigenvalue weighted by Gasteiger charge is -2.20. The van der Waals surface area contributed by atoms with E-state index in [1.165, 1.54) is 22.3 Å². The molecule has 1 unspecified atom stereocenters. The SMILES string of the molecule is Cc1cccc(C2(c3cccc(C)c3)CC2C(=O)NCc2ccco2)c1. The lowest BCUT2D eigenvalue weighted by molar-refractivity contribution is -0.122. The van der Waals surface area contributed by atoms with Gasteiger partial charge in [0.15, 0.2) is 0 Å². The molecule has 1 saturated carbocycles. The van der Waals surface area contributed by atoms with Gasteiger partial charge in [-0.05, 0) is 43.5 Å². The predicted octanol–water partition coefficient (Wildman–Crippen LogP) is 4.52. The molecule has 0 saturated heterocycles. The molecule has 1 atom stereocenters. The number of aryl methyl sites for hydroxylation is 2. The second kappa shape index (κ2) is 6.49. The molecule has 0 bridgehead atoms. The summed E-state index contributed by atoms with van der Waals surface area (Å²) < 4.78 is 5.32. The molecule has 1 fully saturated rings. The van der Waals surface area contributed by atoms with E-state index in [4.69, 9.17) is 4.42 Å². The molecule has 1 aliphatic rings. The van der Waals surface area contributed by atoms with Gasteiger partial charge in [-0.1, -0.05) is 59.7 Å². The number of nitrogens with one attached hydrogen (secondary N) is 1. The van der Waals surface area contributed by atoms with Crippen molar-refractivity contribution >= 4 is 5.91 Å². The van der Waals surface area contributed by atoms with Crippen molar-refractivity contribution in [1.29, 1.82) is 0 Å². The van der Waals surface area contributed by atoms with E-state index in [0.717, 1.165) is 12.2 Å². The molecule has 1 heterocycles. The maximum atomic E-state index is 12.9. The first-order valence-electron chi connectivity index (χ1n) is 9.04. The first-order chi connectivity index (χ1) is 12.6. The number of carbonyl (C=O) groups is 1. The molecule has 1 aromatic heterocycles. The zero-order valence-electron chi connectivity index (χ0n) is 15.2. The third-order valence-electron chi connectivity index (χ3n) is 5.36. The first kappa shape index (κ1) is 16.6. The van der Waals surface area contributed by atoms with E-state index >= 15 is 0 Å². The second-order valence-electron chi connectivity index (χ2n) is 7.26. The van der Waals surface area contributed by atoms with Gasteiger partial charge in [-0.3, -0.25) is 4.79 Å². The Bertz CT molecular complexity index is 881. The molecule has 3 heteroatoms. The highest BCUT2D eigenvalue weighted by Gasteiger charge is 2.60. The van der Waals surface area contributed by atoms with Gasteiger partial charge in [-0.2, -0.15) is 0 Å². The van der Waals surface area contributed by atoms with E-state index in [1.807, 2.05) is 12.1 Å². The van der Waals surface area contributed by atoms with Crippen molar-refractivity contribution in [3.8, 4) is 0 Å². The quantitative estimate of drug-likeness (QED) is 0.739. The molecule has 4 rings (SSSR count). The van der Waals surface area contributed by atoms with Crippen molar-refractivity contribution in [2.75, 3.05) is 0 Å². The highest BCUT2D eigenvalue weighted by atomic mass is 16.3. The number of carbonyl (C=O) groups excluding carboxylic acids is 1. The Morgan fingerprint density at radius 1 is 1.04 bits per heavy atom. The van der Waals surface area contributed by atoms with Crippen LogP contribution in [0.1, 0.15) is 34.4 Å². The largest absolute Gasteiger partial charge is 0.467 e. The molecule has 1 N–H and O–H groups in total. The van der Waals surface area contributed by atoms with Crippen LogP contribution in [0.3, 0.4) is 0 Å². The molecule has 1 amide bonds. The number of benzene rings is 2. The highest BCUT2D eigenvalue weighted by Crippen LogP contribution is 2.59. The van der Waals surface area contributed by atoms with Gasteiger partial charge in [-0.15, -0.1) is 0 Å². The van der Waals surface area contributed by atoms with E-state index in [1.54, 1.807) is 6.26 Å². The summed E-state index contributed by atoms with van der Waals surface area (Å²) in [5.41, 5.74) is 4.65. The Labute approximate surface area is 154 Å². The second-order valence-corrected chi connectivity index (χ2v) is 7.26. The lowest BCUT2D eigenvalue weighted by Crippen LogP contribution is -2.28. The highest BCUT2D eigenvalue weighted by molar-refractivity contribution is 5.86. The fraction of sp³-hybridized carbons (Fsp3) is 0.261. The van der Waals surface area contributed by atoms with Gasteiger partial charge in [-0.25, -0.2) is 0 Å².